The number of hydrogen-bond donors (Lipinski definition) is 0. The Kier molecular flexibility index (Phi) is 2.24. The summed E-state index contributed by atoms with van der Waals surface area (Å²) in [7, 11) is 0. The monoisotopic (exact) mass is 448 g/mol. The zero-order chi connectivity index (χ0) is 10.2. The Hall–Kier alpha value is 1.92. The lowest BCUT2D eigenvalue weighted by Gasteiger charge is -2.64. The van der Waals surface area contributed by atoms with Crippen molar-refractivity contribution in [1.82, 2.24) is 0 Å². The van der Waals surface area contributed by atoms with Crippen LogP contribution >= 0.6 is 63.7 Å². The van der Waals surface area contributed by atoms with Crippen molar-refractivity contribution < 1.29 is 0 Å². The van der Waals surface area contributed by atoms with E-state index in [0.717, 1.165) is 0 Å². The highest BCUT2D eigenvalue weighted by Gasteiger charge is 2.65. The summed E-state index contributed by atoms with van der Waals surface area (Å²) in [4.78, 5) is 0. The molecule has 0 N–H and O–H groups in total. The second-order valence-corrected chi connectivity index (χ2v) is 12.4. The summed E-state index contributed by atoms with van der Waals surface area (Å²) >= 11 is 15.9. The summed E-state index contributed by atoms with van der Waals surface area (Å²) in [5.41, 5.74) is 0. The quantitative estimate of drug-likeness (QED) is 0.459. The Morgan fingerprint density at radius 2 is 0.571 bits per heavy atom. The predicted octanol–water partition coefficient (Wildman–Crippen LogP) is 4.90. The average Bonchev–Trinajstić information content (AvgIpc) is 1.67. The second-order valence-electron chi connectivity index (χ2n) is 5.66. The van der Waals surface area contributed by atoms with E-state index < -0.39 is 0 Å². The van der Waals surface area contributed by atoms with E-state index in [1.54, 1.807) is 0 Å². The molecule has 0 unspecified atom stereocenters. The lowest BCUT2D eigenvalue weighted by molar-refractivity contribution is 0.112. The molecule has 4 aliphatic carbocycles. The minimum Gasteiger partial charge on any atom is -0.0852 e. The number of halogens is 4. The third-order valence-corrected chi connectivity index (χ3v) is 7.17. The van der Waals surface area contributed by atoms with Gasteiger partial charge < -0.3 is 0 Å². The predicted molar refractivity (Wildman–Crippen MR) is 74.3 cm³/mol. The van der Waals surface area contributed by atoms with E-state index in [9.17, 15) is 0 Å². The molecule has 4 rings (SSSR count). The maximum absolute atomic E-state index is 3.97. The molecule has 4 bridgehead atoms. The van der Waals surface area contributed by atoms with E-state index in [1.807, 2.05) is 0 Å². The molecule has 0 amide bonds. The molecule has 4 saturated carbocycles. The van der Waals surface area contributed by atoms with Crippen molar-refractivity contribution in [3.05, 3.63) is 0 Å². The van der Waals surface area contributed by atoms with Crippen molar-refractivity contribution >= 4 is 63.7 Å². The molecule has 0 aromatic rings. The molecule has 0 nitrogen and oxygen atoms in total. The van der Waals surface area contributed by atoms with Crippen molar-refractivity contribution in [3.63, 3.8) is 0 Å². The third kappa shape index (κ3) is 1.62. The lowest BCUT2D eigenvalue weighted by Crippen LogP contribution is -2.64. The van der Waals surface area contributed by atoms with Crippen LogP contribution in [0.15, 0.2) is 0 Å². The summed E-state index contributed by atoms with van der Waals surface area (Å²) in [5, 5.41) is 0. The molecule has 4 heteroatoms. The first kappa shape index (κ1) is 11.0. The summed E-state index contributed by atoms with van der Waals surface area (Å²) in [6.45, 7) is 0. The van der Waals surface area contributed by atoms with Crippen LogP contribution in [-0.2, 0) is 0 Å². The lowest BCUT2D eigenvalue weighted by atomic mass is 9.56. The van der Waals surface area contributed by atoms with Crippen LogP contribution in [0.2, 0.25) is 0 Å². The molecule has 0 heterocycles. The van der Waals surface area contributed by atoms with Crippen molar-refractivity contribution in [3.8, 4) is 0 Å². The molecule has 80 valence electrons. The fourth-order valence-electron chi connectivity index (χ4n) is 4.16. The van der Waals surface area contributed by atoms with Gasteiger partial charge in [-0.1, -0.05) is 63.7 Å². The van der Waals surface area contributed by atoms with Gasteiger partial charge in [-0.15, -0.1) is 0 Å². The van der Waals surface area contributed by atoms with Gasteiger partial charge in [-0.05, 0) is 38.5 Å². The first-order valence-electron chi connectivity index (χ1n) is 5.00. The van der Waals surface area contributed by atoms with Crippen LogP contribution in [0.25, 0.3) is 0 Å². The van der Waals surface area contributed by atoms with E-state index >= 15 is 0 Å². The topological polar surface area (TPSA) is 0 Å². The van der Waals surface area contributed by atoms with Crippen LogP contribution in [0.4, 0.5) is 0 Å². The van der Waals surface area contributed by atoms with Crippen LogP contribution in [0.3, 0.4) is 0 Å². The van der Waals surface area contributed by atoms with Crippen LogP contribution in [-0.4, -0.2) is 17.3 Å². The van der Waals surface area contributed by atoms with E-state index in [-0.39, 0.29) is 0 Å². The Morgan fingerprint density at radius 3 is 0.714 bits per heavy atom. The number of alkyl halides is 4. The number of hydrogen-bond acceptors (Lipinski definition) is 0. The Labute approximate surface area is 118 Å². The minimum atomic E-state index is 0.359. The van der Waals surface area contributed by atoms with Gasteiger partial charge in [0.05, 0.1) is 0 Å². The number of rotatable bonds is 0. The Bertz CT molecular complexity index is 205. The maximum Gasteiger partial charge on any atom is 0.0298 e. The first-order chi connectivity index (χ1) is 6.24. The molecular weight excluding hydrogens is 440 g/mol. The van der Waals surface area contributed by atoms with Crippen molar-refractivity contribution in [1.29, 1.82) is 0 Å². The molecule has 0 spiro atoms. The SMILES string of the molecule is BrC12CC3(Br)CC(Br)(C1)CC(Br)(C2)C3. The van der Waals surface area contributed by atoms with Gasteiger partial charge in [-0.2, -0.15) is 0 Å². The van der Waals surface area contributed by atoms with Crippen molar-refractivity contribution in [2.45, 2.75) is 55.8 Å². The van der Waals surface area contributed by atoms with Crippen LogP contribution in [0.1, 0.15) is 38.5 Å². The van der Waals surface area contributed by atoms with Crippen LogP contribution in [0, 0.1) is 0 Å². The molecule has 4 aliphatic rings. The normalized spacial score (nSPS) is 66.0. The molecule has 0 radical (unpaired) electrons. The van der Waals surface area contributed by atoms with Gasteiger partial charge >= 0.3 is 0 Å². The smallest absolute Gasteiger partial charge is 0.0298 e. The molecule has 14 heavy (non-hydrogen) atoms. The zero-order valence-corrected chi connectivity index (χ0v) is 14.1. The average molecular weight is 452 g/mol. The standard InChI is InChI=1S/C10H12Br4/c11-7-1-8(12)4-9(13,2-7)6-10(14,3-7)5-8/h1-6H2. The van der Waals surface area contributed by atoms with E-state index in [4.69, 9.17) is 0 Å². The van der Waals surface area contributed by atoms with E-state index in [2.05, 4.69) is 63.7 Å². The van der Waals surface area contributed by atoms with Crippen molar-refractivity contribution in [2.24, 2.45) is 0 Å². The fraction of sp³-hybridized carbons (Fsp3) is 1.00. The van der Waals surface area contributed by atoms with Gasteiger partial charge in [0.2, 0.25) is 0 Å². The highest BCUT2D eigenvalue weighted by atomic mass is 79.9. The second kappa shape index (κ2) is 2.84. The molecular formula is C10H12Br4. The molecule has 0 atom stereocenters. The maximum atomic E-state index is 3.97. The van der Waals surface area contributed by atoms with Crippen LogP contribution in [0.5, 0.6) is 0 Å². The zero-order valence-electron chi connectivity index (χ0n) is 7.75. The first-order valence-corrected chi connectivity index (χ1v) is 8.17. The third-order valence-electron chi connectivity index (χ3n) is 3.80. The van der Waals surface area contributed by atoms with Gasteiger partial charge in [0, 0.05) is 17.3 Å². The van der Waals surface area contributed by atoms with E-state index in [0.29, 0.717) is 17.3 Å². The van der Waals surface area contributed by atoms with Gasteiger partial charge in [-0.3, -0.25) is 0 Å². The largest absolute Gasteiger partial charge is 0.0852 e. The summed E-state index contributed by atoms with van der Waals surface area (Å²) in [6.07, 6.45) is 7.67. The summed E-state index contributed by atoms with van der Waals surface area (Å²) < 4.78 is 1.44. The fourth-order valence-corrected chi connectivity index (χ4v) is 12.9. The van der Waals surface area contributed by atoms with Crippen LogP contribution < -0.4 is 0 Å². The van der Waals surface area contributed by atoms with Crippen molar-refractivity contribution in [2.75, 3.05) is 0 Å². The van der Waals surface area contributed by atoms with Gasteiger partial charge in [0.1, 0.15) is 0 Å². The molecule has 0 aliphatic heterocycles. The van der Waals surface area contributed by atoms with E-state index in [1.165, 1.54) is 38.5 Å². The summed E-state index contributed by atoms with van der Waals surface area (Å²) in [6, 6.07) is 0. The molecule has 0 aromatic carbocycles. The highest BCUT2D eigenvalue weighted by Crippen LogP contribution is 2.70. The van der Waals surface area contributed by atoms with Gasteiger partial charge in [0.15, 0.2) is 0 Å². The molecule has 4 fully saturated rings. The highest BCUT2D eigenvalue weighted by molar-refractivity contribution is 9.11. The molecule has 0 aromatic heterocycles. The Morgan fingerprint density at radius 1 is 0.429 bits per heavy atom. The molecule has 0 saturated heterocycles. The van der Waals surface area contributed by atoms with Gasteiger partial charge in [0.25, 0.3) is 0 Å². The van der Waals surface area contributed by atoms with Gasteiger partial charge in [-0.25, -0.2) is 0 Å². The summed E-state index contributed by atoms with van der Waals surface area (Å²) in [5.74, 6) is 0. The Balaban J connectivity index is 2.08. The minimum absolute atomic E-state index is 0.359.